The number of benzene rings is 2. The highest BCUT2D eigenvalue weighted by Gasteiger charge is 2.11. The highest BCUT2D eigenvalue weighted by molar-refractivity contribution is 6.39. The predicted molar refractivity (Wildman–Crippen MR) is 107 cm³/mol. The second-order valence-electron chi connectivity index (χ2n) is 5.39. The van der Waals surface area contributed by atoms with Gasteiger partial charge >= 0.3 is 0 Å². The molecule has 0 radical (unpaired) electrons. The van der Waals surface area contributed by atoms with E-state index < -0.39 is 0 Å². The Kier molecular flexibility index (Phi) is 5.47. The van der Waals surface area contributed by atoms with E-state index in [2.05, 4.69) is 4.98 Å². The number of hydrogen-bond acceptors (Lipinski definition) is 4. The Bertz CT molecular complexity index is 1020. The summed E-state index contributed by atoms with van der Waals surface area (Å²) < 4.78 is 10.5. The fraction of sp³-hybridized carbons (Fsp3) is 0.105. The molecule has 3 rings (SSSR count). The molecule has 4 nitrogen and oxygen atoms in total. The zero-order valence-corrected chi connectivity index (χ0v) is 16.2. The first-order valence-corrected chi connectivity index (χ1v) is 8.65. The lowest BCUT2D eigenvalue weighted by molar-refractivity contribution is 0.355. The van der Waals surface area contributed by atoms with Crippen molar-refractivity contribution in [2.24, 2.45) is 0 Å². The number of phenolic OH excluding ortho intramolecular Hbond substituents is 1. The molecule has 1 heterocycles. The molecular formula is C19H14Cl3NO3. The van der Waals surface area contributed by atoms with E-state index in [4.69, 9.17) is 44.3 Å². The van der Waals surface area contributed by atoms with Crippen LogP contribution in [0.3, 0.4) is 0 Å². The van der Waals surface area contributed by atoms with Gasteiger partial charge in [0.05, 0.1) is 35.0 Å². The SMILES string of the molecule is COc1cc(/C=C/c2ccc3c(Cl)cc(Cl)c(O)c3n2)cc(Cl)c1OC. The van der Waals surface area contributed by atoms with Crippen LogP contribution in [0.15, 0.2) is 30.3 Å². The van der Waals surface area contributed by atoms with Gasteiger partial charge in [-0.25, -0.2) is 4.98 Å². The van der Waals surface area contributed by atoms with Gasteiger partial charge in [0.25, 0.3) is 0 Å². The third-order valence-corrected chi connectivity index (χ3v) is 4.66. The summed E-state index contributed by atoms with van der Waals surface area (Å²) in [6, 6.07) is 8.62. The van der Waals surface area contributed by atoms with Gasteiger partial charge in [0.1, 0.15) is 5.52 Å². The first-order valence-electron chi connectivity index (χ1n) is 7.52. The number of ether oxygens (including phenoxy) is 2. The molecule has 1 N–H and O–H groups in total. The van der Waals surface area contributed by atoms with Crippen LogP contribution in [0.25, 0.3) is 23.1 Å². The molecular weight excluding hydrogens is 397 g/mol. The summed E-state index contributed by atoms with van der Waals surface area (Å²) in [4.78, 5) is 4.42. The first kappa shape index (κ1) is 18.6. The molecule has 26 heavy (non-hydrogen) atoms. The number of phenols is 1. The van der Waals surface area contributed by atoms with Gasteiger partial charge in [0.2, 0.25) is 0 Å². The van der Waals surface area contributed by atoms with E-state index in [1.165, 1.54) is 13.2 Å². The van der Waals surface area contributed by atoms with Crippen molar-refractivity contribution in [1.29, 1.82) is 0 Å². The second-order valence-corrected chi connectivity index (χ2v) is 6.61. The lowest BCUT2D eigenvalue weighted by atomic mass is 10.1. The molecule has 0 amide bonds. The van der Waals surface area contributed by atoms with Crippen LogP contribution in [-0.2, 0) is 0 Å². The van der Waals surface area contributed by atoms with Gasteiger partial charge in [-0.05, 0) is 42.0 Å². The van der Waals surface area contributed by atoms with E-state index in [1.807, 2.05) is 6.08 Å². The zero-order chi connectivity index (χ0) is 18.8. The van der Waals surface area contributed by atoms with Crippen LogP contribution in [0.1, 0.15) is 11.3 Å². The van der Waals surface area contributed by atoms with Crippen LogP contribution in [0, 0.1) is 0 Å². The fourth-order valence-corrected chi connectivity index (χ4v) is 3.34. The minimum absolute atomic E-state index is 0.101. The molecule has 1 aromatic heterocycles. The number of rotatable bonds is 4. The van der Waals surface area contributed by atoms with Crippen molar-refractivity contribution in [1.82, 2.24) is 4.98 Å². The smallest absolute Gasteiger partial charge is 0.179 e. The van der Waals surface area contributed by atoms with Crippen LogP contribution >= 0.6 is 34.8 Å². The van der Waals surface area contributed by atoms with E-state index in [9.17, 15) is 5.11 Å². The van der Waals surface area contributed by atoms with Crippen molar-refractivity contribution in [2.75, 3.05) is 14.2 Å². The number of aromatic nitrogens is 1. The Morgan fingerprint density at radius 2 is 1.69 bits per heavy atom. The fourth-order valence-electron chi connectivity index (χ4n) is 2.53. The van der Waals surface area contributed by atoms with Gasteiger partial charge in [-0.2, -0.15) is 0 Å². The van der Waals surface area contributed by atoms with Gasteiger partial charge in [-0.1, -0.05) is 40.9 Å². The standard InChI is InChI=1S/C19H14Cl3NO3/c1-25-16-8-10(7-15(22)19(16)26-2)3-4-11-5-6-12-13(20)9-14(21)18(24)17(12)23-11/h3-9,24H,1-2H3/b4-3+. The minimum Gasteiger partial charge on any atom is -0.504 e. The van der Waals surface area contributed by atoms with Gasteiger partial charge in [-0.3, -0.25) is 0 Å². The molecule has 0 saturated carbocycles. The van der Waals surface area contributed by atoms with Crippen molar-refractivity contribution in [3.63, 3.8) is 0 Å². The molecule has 0 aliphatic rings. The predicted octanol–water partition coefficient (Wildman–Crippen LogP) is 6.09. The van der Waals surface area contributed by atoms with E-state index in [1.54, 1.807) is 37.5 Å². The lowest BCUT2D eigenvalue weighted by Gasteiger charge is -2.10. The van der Waals surface area contributed by atoms with Gasteiger partial charge in [0, 0.05) is 5.39 Å². The Balaban J connectivity index is 2.01. The molecule has 0 saturated heterocycles. The molecule has 0 aliphatic heterocycles. The number of methoxy groups -OCH3 is 2. The average Bonchev–Trinajstić information content (AvgIpc) is 2.63. The number of pyridine rings is 1. The Hall–Kier alpha value is -2.14. The molecule has 0 bridgehead atoms. The highest BCUT2D eigenvalue weighted by atomic mass is 35.5. The quantitative estimate of drug-likeness (QED) is 0.565. The van der Waals surface area contributed by atoms with Crippen LogP contribution in [0.2, 0.25) is 15.1 Å². The van der Waals surface area contributed by atoms with Crippen LogP contribution in [0.5, 0.6) is 17.2 Å². The Morgan fingerprint density at radius 3 is 2.38 bits per heavy atom. The van der Waals surface area contributed by atoms with Crippen molar-refractivity contribution < 1.29 is 14.6 Å². The van der Waals surface area contributed by atoms with Crippen LogP contribution in [-0.4, -0.2) is 24.3 Å². The maximum Gasteiger partial charge on any atom is 0.179 e. The van der Waals surface area contributed by atoms with Gasteiger partial charge in [-0.15, -0.1) is 0 Å². The van der Waals surface area contributed by atoms with Crippen LogP contribution in [0.4, 0.5) is 0 Å². The monoisotopic (exact) mass is 409 g/mol. The summed E-state index contributed by atoms with van der Waals surface area (Å²) >= 11 is 18.3. The first-order chi connectivity index (χ1) is 12.4. The zero-order valence-electron chi connectivity index (χ0n) is 13.9. The molecule has 7 heteroatoms. The molecule has 0 fully saturated rings. The molecule has 0 unspecified atom stereocenters. The number of aromatic hydroxyl groups is 1. The van der Waals surface area contributed by atoms with Crippen molar-refractivity contribution in [2.45, 2.75) is 0 Å². The summed E-state index contributed by atoms with van der Waals surface area (Å²) in [5, 5.41) is 11.8. The lowest BCUT2D eigenvalue weighted by Crippen LogP contribution is -1.92. The highest BCUT2D eigenvalue weighted by Crippen LogP contribution is 2.37. The summed E-state index contributed by atoms with van der Waals surface area (Å²) in [6.45, 7) is 0. The molecule has 134 valence electrons. The number of halogens is 3. The largest absolute Gasteiger partial charge is 0.504 e. The van der Waals surface area contributed by atoms with E-state index in [0.29, 0.717) is 38.1 Å². The maximum absolute atomic E-state index is 10.1. The average molecular weight is 411 g/mol. The molecule has 0 atom stereocenters. The maximum atomic E-state index is 10.1. The van der Waals surface area contributed by atoms with E-state index >= 15 is 0 Å². The molecule has 0 aliphatic carbocycles. The molecule has 0 spiro atoms. The van der Waals surface area contributed by atoms with E-state index in [0.717, 1.165) is 5.56 Å². The Morgan fingerprint density at radius 1 is 0.923 bits per heavy atom. The minimum atomic E-state index is -0.101. The molecule has 3 aromatic rings. The normalized spacial score (nSPS) is 11.3. The third kappa shape index (κ3) is 3.54. The number of fused-ring (bicyclic) bond motifs is 1. The molecule has 2 aromatic carbocycles. The summed E-state index contributed by atoms with van der Waals surface area (Å²) in [7, 11) is 3.07. The topological polar surface area (TPSA) is 51.6 Å². The summed E-state index contributed by atoms with van der Waals surface area (Å²) in [5.41, 5.74) is 1.77. The van der Waals surface area contributed by atoms with E-state index in [-0.39, 0.29) is 10.8 Å². The summed E-state index contributed by atoms with van der Waals surface area (Å²) in [6.07, 6.45) is 3.61. The van der Waals surface area contributed by atoms with Crippen molar-refractivity contribution >= 4 is 57.9 Å². The summed E-state index contributed by atoms with van der Waals surface area (Å²) in [5.74, 6) is 0.905. The van der Waals surface area contributed by atoms with Crippen molar-refractivity contribution in [3.8, 4) is 17.2 Å². The van der Waals surface area contributed by atoms with Crippen LogP contribution < -0.4 is 9.47 Å². The van der Waals surface area contributed by atoms with Gasteiger partial charge in [0.15, 0.2) is 17.2 Å². The number of nitrogens with zero attached hydrogens (tertiary/aromatic N) is 1. The van der Waals surface area contributed by atoms with Crippen molar-refractivity contribution in [3.05, 3.63) is 56.7 Å². The third-order valence-electron chi connectivity index (χ3n) is 3.78. The van der Waals surface area contributed by atoms with Gasteiger partial charge < -0.3 is 14.6 Å². The second kappa shape index (κ2) is 7.62. The Labute approximate surface area is 165 Å². The number of hydrogen-bond donors (Lipinski definition) is 1.